The van der Waals surface area contributed by atoms with Crippen molar-refractivity contribution in [3.63, 3.8) is 0 Å². The van der Waals surface area contributed by atoms with Crippen LogP contribution in [-0.4, -0.2) is 17.9 Å². The lowest BCUT2D eigenvalue weighted by atomic mass is 9.93. The lowest BCUT2D eigenvalue weighted by molar-refractivity contribution is -0.139. The Bertz CT molecular complexity index is 485. The van der Waals surface area contributed by atoms with Gasteiger partial charge < -0.3 is 4.90 Å². The first-order valence-corrected chi connectivity index (χ1v) is 6.49. The van der Waals surface area contributed by atoms with E-state index in [9.17, 15) is 10.1 Å². The molecule has 0 heterocycles. The van der Waals surface area contributed by atoms with Crippen molar-refractivity contribution in [2.24, 2.45) is 5.41 Å². The van der Waals surface area contributed by atoms with E-state index in [2.05, 4.69) is 22.0 Å². The SMILES string of the molecule is CN(C(=O)C(C)(C)C)C(C#N)c1cccc(Br)c1. The van der Waals surface area contributed by atoms with Crippen molar-refractivity contribution in [3.05, 3.63) is 34.3 Å². The summed E-state index contributed by atoms with van der Waals surface area (Å²) in [4.78, 5) is 13.7. The van der Waals surface area contributed by atoms with Gasteiger partial charge in [-0.05, 0) is 17.7 Å². The molecule has 1 unspecified atom stereocenters. The fraction of sp³-hybridized carbons (Fsp3) is 0.429. The maximum absolute atomic E-state index is 12.2. The van der Waals surface area contributed by atoms with Gasteiger partial charge in [0.1, 0.15) is 6.04 Å². The third kappa shape index (κ3) is 3.33. The molecule has 1 aromatic carbocycles. The molecule has 0 saturated carbocycles. The van der Waals surface area contributed by atoms with Crippen LogP contribution in [-0.2, 0) is 4.79 Å². The van der Waals surface area contributed by atoms with Gasteiger partial charge in [0.2, 0.25) is 5.91 Å². The molecule has 4 heteroatoms. The average molecular weight is 309 g/mol. The van der Waals surface area contributed by atoms with E-state index in [0.29, 0.717) is 0 Å². The van der Waals surface area contributed by atoms with E-state index in [1.807, 2.05) is 45.0 Å². The van der Waals surface area contributed by atoms with Gasteiger partial charge in [-0.1, -0.05) is 48.8 Å². The molecule has 1 amide bonds. The summed E-state index contributed by atoms with van der Waals surface area (Å²) in [5, 5.41) is 9.30. The van der Waals surface area contributed by atoms with Crippen LogP contribution in [0.2, 0.25) is 0 Å². The number of nitrogens with zero attached hydrogens (tertiary/aromatic N) is 2. The molecule has 0 aliphatic carbocycles. The number of benzene rings is 1. The molecular formula is C14H17BrN2O. The van der Waals surface area contributed by atoms with E-state index >= 15 is 0 Å². The van der Waals surface area contributed by atoms with Gasteiger partial charge in [0.15, 0.2) is 0 Å². The maximum atomic E-state index is 12.2. The molecule has 0 aliphatic heterocycles. The average Bonchev–Trinajstić information content (AvgIpc) is 2.27. The Morgan fingerprint density at radius 2 is 2.06 bits per heavy atom. The third-order valence-corrected chi connectivity index (χ3v) is 3.13. The van der Waals surface area contributed by atoms with Gasteiger partial charge >= 0.3 is 0 Å². The number of carbonyl (C=O) groups excluding carboxylic acids is 1. The molecule has 1 rings (SSSR count). The zero-order chi connectivity index (χ0) is 13.9. The number of halogens is 1. The molecule has 1 atom stereocenters. The highest BCUT2D eigenvalue weighted by Gasteiger charge is 2.30. The standard InChI is InChI=1S/C14H17BrN2O/c1-14(2,3)13(18)17(4)12(9-16)10-6-5-7-11(15)8-10/h5-8,12H,1-4H3. The molecule has 0 radical (unpaired) electrons. The van der Waals surface area contributed by atoms with Gasteiger partial charge in [0.05, 0.1) is 6.07 Å². The Labute approximate surface area is 117 Å². The molecule has 18 heavy (non-hydrogen) atoms. The minimum Gasteiger partial charge on any atom is -0.325 e. The summed E-state index contributed by atoms with van der Waals surface area (Å²) in [6, 6.07) is 9.09. The van der Waals surface area contributed by atoms with Crippen LogP contribution in [0.4, 0.5) is 0 Å². The normalized spacial score (nSPS) is 12.7. The van der Waals surface area contributed by atoms with Crippen LogP contribution in [0.15, 0.2) is 28.7 Å². The molecule has 0 aliphatic rings. The molecule has 0 spiro atoms. The Hall–Kier alpha value is -1.34. The molecule has 96 valence electrons. The largest absolute Gasteiger partial charge is 0.325 e. The second-order valence-electron chi connectivity index (χ2n) is 5.25. The van der Waals surface area contributed by atoms with E-state index in [1.54, 1.807) is 7.05 Å². The van der Waals surface area contributed by atoms with E-state index in [4.69, 9.17) is 0 Å². The zero-order valence-electron chi connectivity index (χ0n) is 11.1. The summed E-state index contributed by atoms with van der Waals surface area (Å²) < 4.78 is 0.900. The minimum atomic E-state index is -0.561. The van der Waals surface area contributed by atoms with Crippen LogP contribution in [0.5, 0.6) is 0 Å². The summed E-state index contributed by atoms with van der Waals surface area (Å²) in [6.07, 6.45) is 0. The number of nitriles is 1. The zero-order valence-corrected chi connectivity index (χ0v) is 12.7. The van der Waals surface area contributed by atoms with Crippen LogP contribution in [0.1, 0.15) is 32.4 Å². The molecular weight excluding hydrogens is 292 g/mol. The van der Waals surface area contributed by atoms with Gasteiger partial charge in [-0.3, -0.25) is 4.79 Å². The second-order valence-corrected chi connectivity index (χ2v) is 6.17. The number of rotatable bonds is 2. The van der Waals surface area contributed by atoms with Gasteiger partial charge in [0, 0.05) is 16.9 Å². The second kappa shape index (κ2) is 5.53. The molecule has 0 saturated heterocycles. The Morgan fingerprint density at radius 1 is 1.44 bits per heavy atom. The highest BCUT2D eigenvalue weighted by Crippen LogP contribution is 2.26. The van der Waals surface area contributed by atoms with Crippen molar-refractivity contribution in [2.45, 2.75) is 26.8 Å². The van der Waals surface area contributed by atoms with E-state index in [1.165, 1.54) is 4.90 Å². The Balaban J connectivity index is 3.06. The van der Waals surface area contributed by atoms with Crippen LogP contribution in [0.3, 0.4) is 0 Å². The fourth-order valence-electron chi connectivity index (χ4n) is 1.71. The Kier molecular flexibility index (Phi) is 4.53. The smallest absolute Gasteiger partial charge is 0.229 e. The molecule has 3 nitrogen and oxygen atoms in total. The first-order chi connectivity index (χ1) is 8.27. The van der Waals surface area contributed by atoms with E-state index in [0.717, 1.165) is 10.0 Å². The summed E-state index contributed by atoms with van der Waals surface area (Å²) >= 11 is 3.37. The molecule has 1 aromatic rings. The summed E-state index contributed by atoms with van der Waals surface area (Å²) in [5.41, 5.74) is 0.322. The fourth-order valence-corrected chi connectivity index (χ4v) is 2.12. The molecule has 0 aromatic heterocycles. The highest BCUT2D eigenvalue weighted by molar-refractivity contribution is 9.10. The van der Waals surface area contributed by atoms with Gasteiger partial charge in [-0.25, -0.2) is 0 Å². The third-order valence-electron chi connectivity index (χ3n) is 2.64. The lowest BCUT2D eigenvalue weighted by Gasteiger charge is -2.29. The van der Waals surface area contributed by atoms with Crippen molar-refractivity contribution in [1.82, 2.24) is 4.90 Å². The van der Waals surface area contributed by atoms with Crippen molar-refractivity contribution in [2.75, 3.05) is 7.05 Å². The van der Waals surface area contributed by atoms with Crippen LogP contribution < -0.4 is 0 Å². The number of hydrogen-bond acceptors (Lipinski definition) is 2. The molecule has 0 bridgehead atoms. The predicted molar refractivity (Wildman–Crippen MR) is 74.7 cm³/mol. The molecule has 0 fully saturated rings. The van der Waals surface area contributed by atoms with E-state index < -0.39 is 11.5 Å². The van der Waals surface area contributed by atoms with Crippen molar-refractivity contribution in [1.29, 1.82) is 5.26 Å². The summed E-state index contributed by atoms with van der Waals surface area (Å²) in [7, 11) is 1.67. The highest BCUT2D eigenvalue weighted by atomic mass is 79.9. The van der Waals surface area contributed by atoms with Crippen LogP contribution in [0.25, 0.3) is 0 Å². The van der Waals surface area contributed by atoms with E-state index in [-0.39, 0.29) is 5.91 Å². The Morgan fingerprint density at radius 3 is 2.50 bits per heavy atom. The van der Waals surface area contributed by atoms with Crippen LogP contribution >= 0.6 is 15.9 Å². The maximum Gasteiger partial charge on any atom is 0.229 e. The minimum absolute atomic E-state index is 0.0472. The first kappa shape index (κ1) is 14.7. The number of carbonyl (C=O) groups is 1. The summed E-state index contributed by atoms with van der Waals surface area (Å²) in [6.45, 7) is 5.55. The quantitative estimate of drug-likeness (QED) is 0.839. The predicted octanol–water partition coefficient (Wildman–Crippen LogP) is 3.52. The van der Waals surface area contributed by atoms with Gasteiger partial charge in [-0.15, -0.1) is 0 Å². The molecule has 0 N–H and O–H groups in total. The number of hydrogen-bond donors (Lipinski definition) is 0. The van der Waals surface area contributed by atoms with Crippen molar-refractivity contribution < 1.29 is 4.79 Å². The monoisotopic (exact) mass is 308 g/mol. The van der Waals surface area contributed by atoms with Crippen molar-refractivity contribution >= 4 is 21.8 Å². The number of amides is 1. The first-order valence-electron chi connectivity index (χ1n) is 5.69. The lowest BCUT2D eigenvalue weighted by Crippen LogP contribution is -2.38. The summed E-state index contributed by atoms with van der Waals surface area (Å²) in [5.74, 6) is -0.0472. The van der Waals surface area contributed by atoms with Gasteiger partial charge in [-0.2, -0.15) is 5.26 Å². The van der Waals surface area contributed by atoms with Gasteiger partial charge in [0.25, 0.3) is 0 Å². The van der Waals surface area contributed by atoms with Crippen LogP contribution in [0, 0.1) is 16.7 Å². The van der Waals surface area contributed by atoms with Crippen molar-refractivity contribution in [3.8, 4) is 6.07 Å². The topological polar surface area (TPSA) is 44.1 Å².